The van der Waals surface area contributed by atoms with E-state index in [1.165, 1.54) is 0 Å². The van der Waals surface area contributed by atoms with Gasteiger partial charge in [0.05, 0.1) is 11.0 Å². The maximum Gasteiger partial charge on any atom is 0.303 e. The number of carboxylic acid groups (broad SMARTS) is 1. The average Bonchev–Trinajstić information content (AvgIpc) is 2.83. The smallest absolute Gasteiger partial charge is 0.303 e. The minimum Gasteiger partial charge on any atom is -0.481 e. The zero-order chi connectivity index (χ0) is 16.8. The number of carboxylic acids is 1. The number of fused-ring (bicyclic) bond motifs is 1. The third kappa shape index (κ3) is 4.38. The molecule has 1 aromatic carbocycles. The van der Waals surface area contributed by atoms with Crippen LogP contribution < -0.4 is 4.90 Å². The fourth-order valence-electron chi connectivity index (χ4n) is 2.80. The van der Waals surface area contributed by atoms with E-state index < -0.39 is 5.97 Å². The van der Waals surface area contributed by atoms with Gasteiger partial charge in [0.2, 0.25) is 0 Å². The van der Waals surface area contributed by atoms with E-state index in [-0.39, 0.29) is 6.42 Å². The van der Waals surface area contributed by atoms with Crippen LogP contribution in [0.3, 0.4) is 0 Å². The van der Waals surface area contributed by atoms with E-state index in [9.17, 15) is 4.79 Å². The number of aliphatic carboxylic acids is 1. The van der Waals surface area contributed by atoms with Gasteiger partial charge < -0.3 is 14.6 Å². The summed E-state index contributed by atoms with van der Waals surface area (Å²) in [5.74, 6) is 0.765. The summed E-state index contributed by atoms with van der Waals surface area (Å²) < 4.78 is 2.05. The van der Waals surface area contributed by atoms with E-state index in [2.05, 4.69) is 35.0 Å². The Bertz CT molecular complexity index is 663. The lowest BCUT2D eigenvalue weighted by molar-refractivity contribution is -0.137. The van der Waals surface area contributed by atoms with Crippen molar-refractivity contribution in [2.75, 3.05) is 23.9 Å². The summed E-state index contributed by atoms with van der Waals surface area (Å²) >= 11 is 5.90. The lowest BCUT2D eigenvalue weighted by atomic mass is 10.2. The summed E-state index contributed by atoms with van der Waals surface area (Å²) in [6.45, 7) is 3.94. The Balaban J connectivity index is 2.23. The van der Waals surface area contributed by atoms with Crippen LogP contribution in [0.2, 0.25) is 0 Å². The molecule has 0 amide bonds. The molecule has 0 saturated carbocycles. The minimum atomic E-state index is -0.762. The number of hydrogen-bond acceptors (Lipinski definition) is 3. The Hall–Kier alpha value is -1.75. The van der Waals surface area contributed by atoms with Crippen molar-refractivity contribution < 1.29 is 9.90 Å². The van der Waals surface area contributed by atoms with Crippen molar-refractivity contribution in [3.8, 4) is 0 Å². The first kappa shape index (κ1) is 17.6. The number of hydrogen-bond donors (Lipinski definition) is 1. The molecule has 2 aromatic rings. The molecule has 1 aromatic heterocycles. The van der Waals surface area contributed by atoms with Crippen LogP contribution in [0.1, 0.15) is 32.0 Å². The molecule has 0 aliphatic rings. The summed E-state index contributed by atoms with van der Waals surface area (Å²) in [4.78, 5) is 17.6. The Morgan fingerprint density at radius 1 is 1.39 bits per heavy atom. The maximum absolute atomic E-state index is 10.6. The van der Waals surface area contributed by atoms with Gasteiger partial charge in [0, 0.05) is 44.5 Å². The van der Waals surface area contributed by atoms with E-state index >= 15 is 0 Å². The first-order chi connectivity index (χ1) is 11.1. The van der Waals surface area contributed by atoms with Crippen LogP contribution in [0.15, 0.2) is 18.2 Å². The highest BCUT2D eigenvalue weighted by molar-refractivity contribution is 6.18. The van der Waals surface area contributed by atoms with Crippen LogP contribution in [0, 0.1) is 0 Å². The molecule has 0 spiro atoms. The highest BCUT2D eigenvalue weighted by Gasteiger charge is 2.11. The number of nitrogens with zero attached hydrogens (tertiary/aromatic N) is 3. The monoisotopic (exact) mass is 337 g/mol. The summed E-state index contributed by atoms with van der Waals surface area (Å²) in [5, 5.41) is 8.76. The zero-order valence-corrected chi connectivity index (χ0v) is 14.5. The number of benzene rings is 1. The van der Waals surface area contributed by atoms with Crippen LogP contribution in [0.5, 0.6) is 0 Å². The Labute approximate surface area is 141 Å². The van der Waals surface area contributed by atoms with E-state index in [1.807, 2.05) is 11.6 Å². The van der Waals surface area contributed by atoms with Gasteiger partial charge in [0.1, 0.15) is 5.82 Å². The molecule has 0 saturated heterocycles. The second-order valence-corrected chi connectivity index (χ2v) is 6.06. The van der Waals surface area contributed by atoms with Crippen molar-refractivity contribution >= 4 is 34.3 Å². The zero-order valence-electron chi connectivity index (χ0n) is 13.8. The quantitative estimate of drug-likeness (QED) is 0.712. The molecule has 0 bridgehead atoms. The van der Waals surface area contributed by atoms with Gasteiger partial charge in [-0.15, -0.1) is 11.6 Å². The van der Waals surface area contributed by atoms with Crippen molar-refractivity contribution in [1.82, 2.24) is 9.55 Å². The Kier molecular flexibility index (Phi) is 6.28. The molecule has 1 heterocycles. The molecule has 2 rings (SSSR count). The van der Waals surface area contributed by atoms with Gasteiger partial charge in [-0.05, 0) is 31.0 Å². The second kappa shape index (κ2) is 8.20. The van der Waals surface area contributed by atoms with Crippen LogP contribution in [0.4, 0.5) is 5.69 Å². The average molecular weight is 338 g/mol. The maximum atomic E-state index is 10.6. The fraction of sp³-hybridized carbons (Fsp3) is 0.529. The lowest BCUT2D eigenvalue weighted by Gasteiger charge is -2.23. The number of rotatable bonds is 9. The van der Waals surface area contributed by atoms with Gasteiger partial charge in [-0.1, -0.05) is 6.92 Å². The third-order valence-electron chi connectivity index (χ3n) is 3.96. The molecule has 0 unspecified atom stereocenters. The van der Waals surface area contributed by atoms with Gasteiger partial charge in [-0.2, -0.15) is 0 Å². The molecular formula is C17H24ClN3O2. The minimum absolute atomic E-state index is 0.175. The summed E-state index contributed by atoms with van der Waals surface area (Å²) in [5.41, 5.74) is 3.16. The van der Waals surface area contributed by atoms with Crippen LogP contribution in [-0.2, 0) is 18.3 Å². The molecule has 0 atom stereocenters. The largest absolute Gasteiger partial charge is 0.481 e. The van der Waals surface area contributed by atoms with Crippen molar-refractivity contribution in [3.63, 3.8) is 0 Å². The molecule has 23 heavy (non-hydrogen) atoms. The van der Waals surface area contributed by atoms with Crippen molar-refractivity contribution in [1.29, 1.82) is 0 Å². The highest BCUT2D eigenvalue weighted by atomic mass is 35.5. The molecule has 0 radical (unpaired) electrons. The summed E-state index contributed by atoms with van der Waals surface area (Å²) in [7, 11) is 1.98. The first-order valence-electron chi connectivity index (χ1n) is 8.04. The van der Waals surface area contributed by atoms with Crippen LogP contribution >= 0.6 is 11.6 Å². The lowest BCUT2D eigenvalue weighted by Crippen LogP contribution is -2.26. The van der Waals surface area contributed by atoms with E-state index in [0.717, 1.165) is 42.1 Å². The van der Waals surface area contributed by atoms with Gasteiger partial charge in [0.15, 0.2) is 0 Å². The Morgan fingerprint density at radius 3 is 2.83 bits per heavy atom. The highest BCUT2D eigenvalue weighted by Crippen LogP contribution is 2.23. The van der Waals surface area contributed by atoms with Gasteiger partial charge in [-0.3, -0.25) is 4.79 Å². The standard InChI is InChI=1S/C17H24ClN3O2/c1-3-10-21(11-9-18)13-7-8-15-14(12-13)19-16(20(15)2)5-4-6-17(22)23/h7-8,12H,3-6,9-11H2,1-2H3,(H,22,23). The normalized spacial score (nSPS) is 11.1. The molecule has 0 fully saturated rings. The number of imidazole rings is 1. The number of anilines is 1. The second-order valence-electron chi connectivity index (χ2n) is 5.68. The first-order valence-corrected chi connectivity index (χ1v) is 8.58. The number of aromatic nitrogens is 2. The number of aryl methyl sites for hydroxylation is 2. The van der Waals surface area contributed by atoms with Gasteiger partial charge in [-0.25, -0.2) is 4.98 Å². The summed E-state index contributed by atoms with van der Waals surface area (Å²) in [6.07, 6.45) is 2.52. The fourth-order valence-corrected chi connectivity index (χ4v) is 3.00. The SMILES string of the molecule is CCCN(CCCl)c1ccc2c(c1)nc(CCCC(=O)O)n2C. The topological polar surface area (TPSA) is 58.4 Å². The molecular weight excluding hydrogens is 314 g/mol. The molecule has 126 valence electrons. The van der Waals surface area contributed by atoms with Crippen LogP contribution in [0.25, 0.3) is 11.0 Å². The predicted molar refractivity (Wildman–Crippen MR) is 94.5 cm³/mol. The van der Waals surface area contributed by atoms with Gasteiger partial charge in [0.25, 0.3) is 0 Å². The third-order valence-corrected chi connectivity index (χ3v) is 4.13. The number of carbonyl (C=O) groups is 1. The van der Waals surface area contributed by atoms with E-state index in [1.54, 1.807) is 0 Å². The van der Waals surface area contributed by atoms with Crippen molar-refractivity contribution in [3.05, 3.63) is 24.0 Å². The molecule has 0 aliphatic heterocycles. The van der Waals surface area contributed by atoms with Crippen molar-refractivity contribution in [2.45, 2.75) is 32.6 Å². The number of halogens is 1. The van der Waals surface area contributed by atoms with E-state index in [4.69, 9.17) is 16.7 Å². The molecule has 6 heteroatoms. The molecule has 5 nitrogen and oxygen atoms in total. The van der Waals surface area contributed by atoms with Gasteiger partial charge >= 0.3 is 5.97 Å². The van der Waals surface area contributed by atoms with Crippen LogP contribution in [-0.4, -0.2) is 39.6 Å². The predicted octanol–water partition coefficient (Wildman–Crippen LogP) is 3.44. The molecule has 1 N–H and O–H groups in total. The Morgan fingerprint density at radius 2 is 2.17 bits per heavy atom. The number of alkyl halides is 1. The summed E-state index contributed by atoms with van der Waals surface area (Å²) in [6, 6.07) is 6.28. The molecule has 0 aliphatic carbocycles. The van der Waals surface area contributed by atoms with Crippen molar-refractivity contribution in [2.24, 2.45) is 7.05 Å². The van der Waals surface area contributed by atoms with E-state index in [0.29, 0.717) is 18.7 Å².